The first-order valence-corrected chi connectivity index (χ1v) is 8.77. The molecule has 1 aromatic carbocycles. The summed E-state index contributed by atoms with van der Waals surface area (Å²) in [5, 5.41) is 16.2. The van der Waals surface area contributed by atoms with E-state index in [-0.39, 0.29) is 24.5 Å². The minimum Gasteiger partial charge on any atom is -0.465 e. The maximum atomic E-state index is 12.3. The molecule has 0 heterocycles. The van der Waals surface area contributed by atoms with E-state index in [0.717, 1.165) is 6.07 Å². The lowest BCUT2D eigenvalue weighted by molar-refractivity contribution is -0.385. The summed E-state index contributed by atoms with van der Waals surface area (Å²) in [6.07, 6.45) is 2.91. The summed E-state index contributed by atoms with van der Waals surface area (Å²) in [7, 11) is 0. The number of ether oxygens (including phenoxy) is 2. The molecule has 2 rings (SSSR count). The normalized spacial score (nSPS) is 15.4. The molecule has 1 aromatic rings. The van der Waals surface area contributed by atoms with Crippen molar-refractivity contribution in [2.75, 3.05) is 18.5 Å². The monoisotopic (exact) mass is 391 g/mol. The van der Waals surface area contributed by atoms with Crippen LogP contribution in [0.1, 0.15) is 37.0 Å². The van der Waals surface area contributed by atoms with Crippen LogP contribution in [0, 0.1) is 16.0 Å². The quantitative estimate of drug-likeness (QED) is 0.414. The van der Waals surface area contributed by atoms with Crippen LogP contribution in [-0.2, 0) is 14.3 Å². The van der Waals surface area contributed by atoms with E-state index < -0.39 is 34.5 Å². The molecule has 2 amide bonds. The molecule has 10 heteroatoms. The van der Waals surface area contributed by atoms with Crippen LogP contribution in [0.15, 0.2) is 30.0 Å². The van der Waals surface area contributed by atoms with Crippen LogP contribution in [0.4, 0.5) is 16.2 Å². The third-order valence-electron chi connectivity index (χ3n) is 3.97. The zero-order chi connectivity index (χ0) is 20.7. The molecule has 0 fully saturated rings. The topological polar surface area (TPSA) is 137 Å². The number of hydrogen-bond donors (Lipinski definition) is 2. The molecular formula is C18H21N3O7. The van der Waals surface area contributed by atoms with E-state index in [2.05, 4.69) is 10.6 Å². The van der Waals surface area contributed by atoms with E-state index in [1.165, 1.54) is 12.1 Å². The van der Waals surface area contributed by atoms with E-state index in [1.54, 1.807) is 19.9 Å². The lowest BCUT2D eigenvalue weighted by Gasteiger charge is -2.15. The highest BCUT2D eigenvalue weighted by Gasteiger charge is 2.29. The first kappa shape index (κ1) is 20.9. The van der Waals surface area contributed by atoms with Gasteiger partial charge in [-0.15, -0.1) is 0 Å². The number of carbonyl (C=O) groups is 3. The predicted molar refractivity (Wildman–Crippen MR) is 98.6 cm³/mol. The Labute approximate surface area is 161 Å². The fourth-order valence-electron chi connectivity index (χ4n) is 2.77. The van der Waals surface area contributed by atoms with Gasteiger partial charge in [0.25, 0.3) is 5.69 Å². The number of carbonyl (C=O) groups excluding carboxylic acids is 3. The summed E-state index contributed by atoms with van der Waals surface area (Å²) >= 11 is 0. The number of hydrogen-bond acceptors (Lipinski definition) is 7. The van der Waals surface area contributed by atoms with Crippen LogP contribution in [0.25, 0.3) is 0 Å². The number of allylic oxidation sites excluding steroid dienone is 1. The van der Waals surface area contributed by atoms with Gasteiger partial charge in [0.1, 0.15) is 5.56 Å². The van der Waals surface area contributed by atoms with E-state index in [0.29, 0.717) is 18.5 Å². The van der Waals surface area contributed by atoms with Gasteiger partial charge in [-0.3, -0.25) is 14.9 Å². The summed E-state index contributed by atoms with van der Waals surface area (Å²) in [6.45, 7) is 3.58. The second-order valence-electron chi connectivity index (χ2n) is 5.83. The Morgan fingerprint density at radius 3 is 2.54 bits per heavy atom. The van der Waals surface area contributed by atoms with Gasteiger partial charge in [0.2, 0.25) is 0 Å². The van der Waals surface area contributed by atoms with E-state index in [4.69, 9.17) is 9.47 Å². The first-order valence-electron chi connectivity index (χ1n) is 8.77. The summed E-state index contributed by atoms with van der Waals surface area (Å²) in [5.41, 5.74) is -0.0969. The zero-order valence-electron chi connectivity index (χ0n) is 15.5. The highest BCUT2D eigenvalue weighted by atomic mass is 16.6. The number of anilines is 1. The van der Waals surface area contributed by atoms with E-state index in [9.17, 15) is 24.5 Å². The predicted octanol–water partition coefficient (Wildman–Crippen LogP) is 2.75. The van der Waals surface area contributed by atoms with Crippen molar-refractivity contribution in [1.82, 2.24) is 5.32 Å². The summed E-state index contributed by atoms with van der Waals surface area (Å²) in [6, 6.07) is 2.93. The fraction of sp³-hybridized carbons (Fsp3) is 0.389. The molecule has 1 unspecified atom stereocenters. The number of rotatable bonds is 7. The van der Waals surface area contributed by atoms with Gasteiger partial charge in [0, 0.05) is 17.5 Å². The van der Waals surface area contributed by atoms with Crippen LogP contribution in [0.3, 0.4) is 0 Å². The molecule has 150 valence electrons. The zero-order valence-corrected chi connectivity index (χ0v) is 15.5. The standard InChI is InChI=1S/C18H21N3O7/c1-3-27-16(22)12-6-5-7-14(12)20-18(24)19-11-8-9-15(21(25)26)13(10-11)17(23)28-4-2/h7-10,12H,3-6H2,1-2H3,(H2,19,20,24). The van der Waals surface area contributed by atoms with Crippen molar-refractivity contribution in [1.29, 1.82) is 0 Å². The van der Waals surface area contributed by atoms with Gasteiger partial charge in [0.05, 0.1) is 24.1 Å². The van der Waals surface area contributed by atoms with Crippen molar-refractivity contribution in [2.45, 2.75) is 26.7 Å². The smallest absolute Gasteiger partial charge is 0.345 e. The number of nitro benzene ring substituents is 1. The van der Waals surface area contributed by atoms with Gasteiger partial charge in [-0.25, -0.2) is 9.59 Å². The highest BCUT2D eigenvalue weighted by molar-refractivity contribution is 5.97. The molecule has 1 atom stereocenters. The second-order valence-corrected chi connectivity index (χ2v) is 5.83. The van der Waals surface area contributed by atoms with Crippen LogP contribution in [-0.4, -0.2) is 36.1 Å². The molecule has 28 heavy (non-hydrogen) atoms. The first-order chi connectivity index (χ1) is 13.4. The number of benzene rings is 1. The van der Waals surface area contributed by atoms with Crippen molar-refractivity contribution in [3.8, 4) is 0 Å². The largest absolute Gasteiger partial charge is 0.465 e. The Balaban J connectivity index is 2.11. The van der Waals surface area contributed by atoms with Crippen molar-refractivity contribution in [3.05, 3.63) is 45.6 Å². The van der Waals surface area contributed by atoms with Gasteiger partial charge < -0.3 is 20.1 Å². The Kier molecular flexibility index (Phi) is 7.08. The number of nitro groups is 1. The number of urea groups is 1. The Hall–Kier alpha value is -3.43. The Bertz CT molecular complexity index is 819. The molecule has 0 bridgehead atoms. The number of amides is 2. The molecule has 0 spiro atoms. The summed E-state index contributed by atoms with van der Waals surface area (Å²) in [4.78, 5) is 46.5. The Morgan fingerprint density at radius 1 is 1.18 bits per heavy atom. The maximum Gasteiger partial charge on any atom is 0.345 e. The second kappa shape index (κ2) is 9.49. The van der Waals surface area contributed by atoms with Crippen molar-refractivity contribution in [2.24, 2.45) is 5.92 Å². The molecule has 0 radical (unpaired) electrons. The molecule has 10 nitrogen and oxygen atoms in total. The molecule has 0 aliphatic heterocycles. The third-order valence-corrected chi connectivity index (χ3v) is 3.97. The van der Waals surface area contributed by atoms with Gasteiger partial charge in [-0.2, -0.15) is 0 Å². The summed E-state index contributed by atoms with van der Waals surface area (Å²) < 4.78 is 9.81. The average molecular weight is 391 g/mol. The van der Waals surface area contributed by atoms with Crippen molar-refractivity contribution in [3.63, 3.8) is 0 Å². The SMILES string of the molecule is CCOC(=O)c1cc(NC(=O)NC2=CCCC2C(=O)OCC)ccc1[N+](=O)[O-]. The van der Waals surface area contributed by atoms with Gasteiger partial charge >= 0.3 is 18.0 Å². The van der Waals surface area contributed by atoms with Gasteiger partial charge in [-0.1, -0.05) is 6.08 Å². The van der Waals surface area contributed by atoms with Crippen LogP contribution >= 0.6 is 0 Å². The van der Waals surface area contributed by atoms with E-state index in [1.807, 2.05) is 0 Å². The van der Waals surface area contributed by atoms with Crippen molar-refractivity contribution < 1.29 is 28.8 Å². The van der Waals surface area contributed by atoms with Crippen LogP contribution < -0.4 is 10.6 Å². The average Bonchev–Trinajstić information content (AvgIpc) is 3.09. The fourth-order valence-corrected chi connectivity index (χ4v) is 2.77. The Morgan fingerprint density at radius 2 is 1.89 bits per heavy atom. The van der Waals surface area contributed by atoms with E-state index >= 15 is 0 Å². The lowest BCUT2D eigenvalue weighted by atomic mass is 10.1. The highest BCUT2D eigenvalue weighted by Crippen LogP contribution is 2.26. The van der Waals surface area contributed by atoms with Gasteiger partial charge in [0.15, 0.2) is 0 Å². The molecule has 2 N–H and O–H groups in total. The molecule has 0 saturated heterocycles. The minimum absolute atomic E-state index is 0.0531. The van der Waals surface area contributed by atoms with Crippen LogP contribution in [0.5, 0.6) is 0 Å². The molecule has 0 saturated carbocycles. The maximum absolute atomic E-state index is 12.3. The lowest BCUT2D eigenvalue weighted by Crippen LogP contribution is -2.33. The van der Waals surface area contributed by atoms with Crippen molar-refractivity contribution >= 4 is 29.3 Å². The number of nitrogens with zero attached hydrogens (tertiary/aromatic N) is 1. The third kappa shape index (κ3) is 5.06. The van der Waals surface area contributed by atoms with Crippen LogP contribution in [0.2, 0.25) is 0 Å². The summed E-state index contributed by atoms with van der Waals surface area (Å²) in [5.74, 6) is -1.82. The van der Waals surface area contributed by atoms with Gasteiger partial charge in [-0.05, 0) is 38.8 Å². The molecular weight excluding hydrogens is 370 g/mol. The number of esters is 2. The molecule has 1 aliphatic carbocycles. The minimum atomic E-state index is -0.862. The number of nitrogens with one attached hydrogen (secondary N) is 2. The molecule has 1 aliphatic rings. The molecule has 0 aromatic heterocycles.